The fraction of sp³-hybridized carbons (Fsp3) is 0.364. The van der Waals surface area contributed by atoms with E-state index in [4.69, 9.17) is 16.3 Å². The quantitative estimate of drug-likeness (QED) is 0.788. The summed E-state index contributed by atoms with van der Waals surface area (Å²) in [6.07, 6.45) is 1.00. The van der Waals surface area contributed by atoms with Gasteiger partial charge in [-0.3, -0.25) is 9.59 Å². The SMILES string of the molecule is CCc1cccc(C)c1NC(=O)CCN1C(=O)C(C)(C)Oc2ccc(Cl)cc21. The van der Waals surface area contributed by atoms with Gasteiger partial charge in [0.1, 0.15) is 5.75 Å². The smallest absolute Gasteiger partial charge is 0.270 e. The molecule has 0 aromatic heterocycles. The Balaban J connectivity index is 1.78. The van der Waals surface area contributed by atoms with Crippen LogP contribution in [-0.4, -0.2) is 24.0 Å². The van der Waals surface area contributed by atoms with Crippen LogP contribution in [0.5, 0.6) is 5.75 Å². The fourth-order valence-corrected chi connectivity index (χ4v) is 3.55. The molecule has 1 heterocycles. The normalized spacial score (nSPS) is 15.0. The predicted octanol–water partition coefficient (Wildman–Crippen LogP) is 4.74. The van der Waals surface area contributed by atoms with Gasteiger partial charge in [-0.15, -0.1) is 0 Å². The maximum absolute atomic E-state index is 12.9. The highest BCUT2D eigenvalue weighted by Gasteiger charge is 2.40. The van der Waals surface area contributed by atoms with Crippen molar-refractivity contribution >= 4 is 34.8 Å². The Morgan fingerprint density at radius 1 is 1.25 bits per heavy atom. The molecule has 5 nitrogen and oxygen atoms in total. The van der Waals surface area contributed by atoms with Gasteiger partial charge in [0.2, 0.25) is 5.91 Å². The van der Waals surface area contributed by atoms with Gasteiger partial charge in [-0.25, -0.2) is 0 Å². The number of rotatable bonds is 5. The molecule has 6 heteroatoms. The van der Waals surface area contributed by atoms with Gasteiger partial charge in [0.05, 0.1) is 5.69 Å². The Bertz CT molecular complexity index is 924. The number of nitrogens with one attached hydrogen (secondary N) is 1. The molecule has 3 rings (SSSR count). The van der Waals surface area contributed by atoms with Crippen LogP contribution < -0.4 is 15.0 Å². The van der Waals surface area contributed by atoms with Crippen molar-refractivity contribution < 1.29 is 14.3 Å². The molecule has 2 amide bonds. The molecule has 28 heavy (non-hydrogen) atoms. The van der Waals surface area contributed by atoms with Crippen molar-refractivity contribution in [1.29, 1.82) is 0 Å². The van der Waals surface area contributed by atoms with E-state index in [0.717, 1.165) is 23.2 Å². The van der Waals surface area contributed by atoms with Crippen molar-refractivity contribution in [3.8, 4) is 5.75 Å². The summed E-state index contributed by atoms with van der Waals surface area (Å²) in [7, 11) is 0. The lowest BCUT2D eigenvalue weighted by Gasteiger charge is -2.38. The molecule has 0 radical (unpaired) electrons. The Labute approximate surface area is 170 Å². The first kappa shape index (κ1) is 20.2. The number of amides is 2. The Kier molecular flexibility index (Phi) is 5.66. The van der Waals surface area contributed by atoms with E-state index in [9.17, 15) is 9.59 Å². The second-order valence-corrected chi connectivity index (χ2v) is 7.88. The van der Waals surface area contributed by atoms with E-state index in [2.05, 4.69) is 12.2 Å². The van der Waals surface area contributed by atoms with E-state index >= 15 is 0 Å². The summed E-state index contributed by atoms with van der Waals surface area (Å²) in [4.78, 5) is 27.1. The monoisotopic (exact) mass is 400 g/mol. The van der Waals surface area contributed by atoms with Gasteiger partial charge in [0.15, 0.2) is 5.60 Å². The summed E-state index contributed by atoms with van der Waals surface area (Å²) in [6.45, 7) is 7.72. The van der Waals surface area contributed by atoms with Crippen LogP contribution in [0.4, 0.5) is 11.4 Å². The first-order chi connectivity index (χ1) is 13.2. The highest BCUT2D eigenvalue weighted by atomic mass is 35.5. The van der Waals surface area contributed by atoms with Crippen molar-refractivity contribution in [2.75, 3.05) is 16.8 Å². The van der Waals surface area contributed by atoms with E-state index < -0.39 is 5.60 Å². The van der Waals surface area contributed by atoms with Gasteiger partial charge in [0.25, 0.3) is 5.91 Å². The van der Waals surface area contributed by atoms with Crippen LogP contribution in [0, 0.1) is 6.92 Å². The molecule has 2 aromatic carbocycles. The number of fused-ring (bicyclic) bond motifs is 1. The van der Waals surface area contributed by atoms with Crippen molar-refractivity contribution in [2.45, 2.75) is 46.1 Å². The minimum absolute atomic E-state index is 0.135. The average molecular weight is 401 g/mol. The number of benzene rings is 2. The van der Waals surface area contributed by atoms with E-state index in [1.165, 1.54) is 0 Å². The number of hydrogen-bond donors (Lipinski definition) is 1. The topological polar surface area (TPSA) is 58.6 Å². The number of aryl methyl sites for hydroxylation is 2. The first-order valence-electron chi connectivity index (χ1n) is 9.42. The average Bonchev–Trinajstić information content (AvgIpc) is 2.64. The number of anilines is 2. The molecule has 1 N–H and O–H groups in total. The predicted molar refractivity (Wildman–Crippen MR) is 112 cm³/mol. The lowest BCUT2D eigenvalue weighted by Crippen LogP contribution is -2.53. The Morgan fingerprint density at radius 3 is 2.71 bits per heavy atom. The number of nitrogens with zero attached hydrogens (tertiary/aromatic N) is 1. The molecule has 1 aliphatic rings. The number of carbonyl (C=O) groups is 2. The third-order valence-electron chi connectivity index (χ3n) is 4.90. The Hall–Kier alpha value is -2.53. The lowest BCUT2D eigenvalue weighted by molar-refractivity contribution is -0.132. The fourth-order valence-electron chi connectivity index (χ4n) is 3.38. The summed E-state index contributed by atoms with van der Waals surface area (Å²) in [5.41, 5.74) is 2.56. The molecule has 0 aliphatic carbocycles. The van der Waals surface area contributed by atoms with E-state index in [1.54, 1.807) is 36.9 Å². The van der Waals surface area contributed by atoms with E-state index in [-0.39, 0.29) is 24.8 Å². The molecule has 0 fully saturated rings. The van der Waals surface area contributed by atoms with Crippen LogP contribution in [0.2, 0.25) is 5.02 Å². The summed E-state index contributed by atoms with van der Waals surface area (Å²) in [5, 5.41) is 3.52. The van der Waals surface area contributed by atoms with Crippen LogP contribution >= 0.6 is 11.6 Å². The van der Waals surface area contributed by atoms with Crippen LogP contribution in [0.15, 0.2) is 36.4 Å². The van der Waals surface area contributed by atoms with Crippen molar-refractivity contribution in [1.82, 2.24) is 0 Å². The van der Waals surface area contributed by atoms with Crippen LogP contribution in [0.25, 0.3) is 0 Å². The van der Waals surface area contributed by atoms with Crippen LogP contribution in [0.1, 0.15) is 38.3 Å². The van der Waals surface area contributed by atoms with E-state index in [1.807, 2.05) is 25.1 Å². The molecular formula is C22H25ClN2O3. The minimum atomic E-state index is -0.997. The standard InChI is InChI=1S/C22H25ClN2O3/c1-5-15-8-6-7-14(2)20(15)24-19(26)11-12-25-17-13-16(23)9-10-18(17)28-22(3,4)21(25)27/h6-10,13H,5,11-12H2,1-4H3,(H,24,26). The molecule has 0 saturated heterocycles. The van der Waals surface area contributed by atoms with Crippen molar-refractivity contribution in [3.05, 3.63) is 52.5 Å². The molecule has 0 spiro atoms. The molecule has 0 bridgehead atoms. The number of ether oxygens (including phenoxy) is 1. The summed E-state index contributed by atoms with van der Waals surface area (Å²) < 4.78 is 5.81. The summed E-state index contributed by atoms with van der Waals surface area (Å²) >= 11 is 6.11. The van der Waals surface area contributed by atoms with Gasteiger partial charge >= 0.3 is 0 Å². The number of para-hydroxylation sites is 1. The molecule has 2 aromatic rings. The molecule has 0 unspecified atom stereocenters. The van der Waals surface area contributed by atoms with Gasteiger partial charge in [-0.1, -0.05) is 36.7 Å². The van der Waals surface area contributed by atoms with Gasteiger partial charge in [-0.2, -0.15) is 0 Å². The van der Waals surface area contributed by atoms with Gasteiger partial charge in [0, 0.05) is 23.7 Å². The minimum Gasteiger partial charge on any atom is -0.476 e. The number of hydrogen-bond acceptors (Lipinski definition) is 3. The summed E-state index contributed by atoms with van der Waals surface area (Å²) in [5.74, 6) is 0.256. The first-order valence-corrected chi connectivity index (χ1v) is 9.79. The highest BCUT2D eigenvalue weighted by molar-refractivity contribution is 6.31. The van der Waals surface area contributed by atoms with Gasteiger partial charge in [-0.05, 0) is 56.5 Å². The zero-order valence-corrected chi connectivity index (χ0v) is 17.4. The second kappa shape index (κ2) is 7.84. The molecule has 1 aliphatic heterocycles. The van der Waals surface area contributed by atoms with Gasteiger partial charge < -0.3 is 15.0 Å². The lowest BCUT2D eigenvalue weighted by atomic mass is 10.0. The van der Waals surface area contributed by atoms with Crippen LogP contribution in [0.3, 0.4) is 0 Å². The Morgan fingerprint density at radius 2 is 2.00 bits per heavy atom. The number of halogens is 1. The zero-order chi connectivity index (χ0) is 20.5. The van der Waals surface area contributed by atoms with Crippen molar-refractivity contribution in [3.63, 3.8) is 0 Å². The second-order valence-electron chi connectivity index (χ2n) is 7.44. The molecule has 0 atom stereocenters. The summed E-state index contributed by atoms with van der Waals surface area (Å²) in [6, 6.07) is 11.1. The maximum Gasteiger partial charge on any atom is 0.270 e. The third-order valence-corrected chi connectivity index (χ3v) is 5.14. The zero-order valence-electron chi connectivity index (χ0n) is 16.6. The maximum atomic E-state index is 12.9. The van der Waals surface area contributed by atoms with E-state index in [0.29, 0.717) is 16.5 Å². The largest absolute Gasteiger partial charge is 0.476 e. The van der Waals surface area contributed by atoms with Crippen molar-refractivity contribution in [2.24, 2.45) is 0 Å². The third kappa shape index (κ3) is 3.99. The number of carbonyl (C=O) groups excluding carboxylic acids is 2. The molecular weight excluding hydrogens is 376 g/mol. The molecule has 148 valence electrons. The highest BCUT2D eigenvalue weighted by Crippen LogP contribution is 2.39. The molecule has 0 saturated carbocycles. The van der Waals surface area contributed by atoms with Crippen LogP contribution in [-0.2, 0) is 16.0 Å².